The molecule has 0 bridgehead atoms. The van der Waals surface area contributed by atoms with Crippen LogP contribution in [0.5, 0.6) is 0 Å². The molecule has 2 heterocycles. The summed E-state index contributed by atoms with van der Waals surface area (Å²) < 4.78 is 5.25. The topological polar surface area (TPSA) is 71.5 Å². The molecule has 0 spiro atoms. The Morgan fingerprint density at radius 3 is 2.94 bits per heavy atom. The molecule has 5 heteroatoms. The smallest absolute Gasteiger partial charge is 0.251 e. The fraction of sp³-hybridized carbons (Fsp3) is 0.500. The molecule has 2 unspecified atom stereocenters. The summed E-state index contributed by atoms with van der Waals surface area (Å²) in [6.07, 6.45) is 4.02. The van der Waals surface area contributed by atoms with E-state index in [1.54, 1.807) is 24.5 Å². The molecule has 1 amide bonds. The lowest BCUT2D eigenvalue weighted by Crippen LogP contribution is -2.43. The normalized spacial score (nSPS) is 21.1. The van der Waals surface area contributed by atoms with Gasteiger partial charge in [0.2, 0.25) is 0 Å². The van der Waals surface area contributed by atoms with Crippen LogP contribution in [0.25, 0.3) is 0 Å². The van der Waals surface area contributed by atoms with Gasteiger partial charge in [0.1, 0.15) is 0 Å². The number of pyridine rings is 1. The van der Waals surface area contributed by atoms with Gasteiger partial charge in [0, 0.05) is 30.5 Å². The Balaban J connectivity index is 1.96. The van der Waals surface area contributed by atoms with E-state index in [4.69, 9.17) is 4.74 Å². The van der Waals surface area contributed by atoms with E-state index in [0.29, 0.717) is 18.8 Å². The van der Waals surface area contributed by atoms with Crippen molar-refractivity contribution in [2.45, 2.75) is 12.5 Å². The summed E-state index contributed by atoms with van der Waals surface area (Å²) >= 11 is 0. The Hall–Kier alpha value is -1.46. The number of aromatic nitrogens is 1. The molecule has 2 rings (SSSR count). The summed E-state index contributed by atoms with van der Waals surface area (Å²) in [5.74, 6) is 0.0177. The molecule has 2 N–H and O–H groups in total. The van der Waals surface area contributed by atoms with Crippen LogP contribution >= 0.6 is 0 Å². The summed E-state index contributed by atoms with van der Waals surface area (Å²) in [7, 11) is 0. The number of nitrogens with one attached hydrogen (secondary N) is 1. The average molecular weight is 236 g/mol. The standard InChI is InChI=1S/C12H16N2O3/c15-7-11(10-3-6-17-8-10)14-12(16)9-1-4-13-5-2-9/h1-2,4-5,10-11,15H,3,6-8H2,(H,14,16). The lowest BCUT2D eigenvalue weighted by Gasteiger charge is -2.21. The molecule has 1 aromatic rings. The van der Waals surface area contributed by atoms with Crippen LogP contribution < -0.4 is 5.32 Å². The zero-order valence-corrected chi connectivity index (χ0v) is 9.50. The van der Waals surface area contributed by atoms with Gasteiger partial charge in [-0.25, -0.2) is 0 Å². The largest absolute Gasteiger partial charge is 0.394 e. The number of carbonyl (C=O) groups excluding carboxylic acids is 1. The van der Waals surface area contributed by atoms with Crippen LogP contribution in [-0.4, -0.2) is 41.9 Å². The van der Waals surface area contributed by atoms with E-state index in [1.807, 2.05) is 0 Å². The Labute approximate surface area is 99.8 Å². The van der Waals surface area contributed by atoms with Crippen LogP contribution in [0.2, 0.25) is 0 Å². The molecule has 5 nitrogen and oxygen atoms in total. The van der Waals surface area contributed by atoms with Crippen LogP contribution in [0.4, 0.5) is 0 Å². The zero-order chi connectivity index (χ0) is 12.1. The average Bonchev–Trinajstić information content (AvgIpc) is 2.90. The molecule has 92 valence electrons. The zero-order valence-electron chi connectivity index (χ0n) is 9.50. The van der Waals surface area contributed by atoms with Crippen molar-refractivity contribution in [3.63, 3.8) is 0 Å². The second kappa shape index (κ2) is 5.75. The summed E-state index contributed by atoms with van der Waals surface area (Å²) in [6, 6.07) is 3.06. The third-order valence-corrected chi connectivity index (χ3v) is 2.99. The maximum Gasteiger partial charge on any atom is 0.251 e. The highest BCUT2D eigenvalue weighted by Gasteiger charge is 2.26. The van der Waals surface area contributed by atoms with Gasteiger partial charge in [0.25, 0.3) is 5.91 Å². The van der Waals surface area contributed by atoms with Crippen LogP contribution in [0.15, 0.2) is 24.5 Å². The highest BCUT2D eigenvalue weighted by molar-refractivity contribution is 5.94. The van der Waals surface area contributed by atoms with Crippen molar-refractivity contribution in [2.75, 3.05) is 19.8 Å². The fourth-order valence-corrected chi connectivity index (χ4v) is 1.94. The molecule has 1 fully saturated rings. The van der Waals surface area contributed by atoms with Gasteiger partial charge in [-0.3, -0.25) is 9.78 Å². The van der Waals surface area contributed by atoms with Crippen LogP contribution in [0, 0.1) is 5.92 Å². The Bertz CT molecular complexity index is 363. The second-order valence-electron chi connectivity index (χ2n) is 4.12. The van der Waals surface area contributed by atoms with Crippen LogP contribution in [0.3, 0.4) is 0 Å². The van der Waals surface area contributed by atoms with E-state index in [9.17, 15) is 9.90 Å². The molecule has 0 aromatic carbocycles. The van der Waals surface area contributed by atoms with Gasteiger partial charge in [-0.2, -0.15) is 0 Å². The first kappa shape index (κ1) is 12.0. The SMILES string of the molecule is O=C(NC(CO)C1CCOC1)c1ccncc1. The molecular weight excluding hydrogens is 220 g/mol. The Morgan fingerprint density at radius 2 is 2.35 bits per heavy atom. The molecule has 1 aromatic heterocycles. The monoisotopic (exact) mass is 236 g/mol. The van der Waals surface area contributed by atoms with Gasteiger partial charge >= 0.3 is 0 Å². The van der Waals surface area contributed by atoms with Gasteiger partial charge in [0.05, 0.1) is 19.3 Å². The lowest BCUT2D eigenvalue weighted by molar-refractivity contribution is 0.0877. The van der Waals surface area contributed by atoms with Crippen LogP contribution in [-0.2, 0) is 4.74 Å². The van der Waals surface area contributed by atoms with Crippen molar-refractivity contribution in [3.05, 3.63) is 30.1 Å². The number of amides is 1. The van der Waals surface area contributed by atoms with Crippen molar-refractivity contribution in [1.29, 1.82) is 0 Å². The summed E-state index contributed by atoms with van der Waals surface area (Å²) in [5, 5.41) is 12.1. The minimum Gasteiger partial charge on any atom is -0.394 e. The highest BCUT2D eigenvalue weighted by Crippen LogP contribution is 2.16. The molecule has 17 heavy (non-hydrogen) atoms. The number of ether oxygens (including phenoxy) is 1. The molecular formula is C12H16N2O3. The van der Waals surface area contributed by atoms with Gasteiger partial charge < -0.3 is 15.2 Å². The van der Waals surface area contributed by atoms with Crippen molar-refractivity contribution in [3.8, 4) is 0 Å². The van der Waals surface area contributed by atoms with E-state index >= 15 is 0 Å². The van der Waals surface area contributed by atoms with Gasteiger partial charge in [0.15, 0.2) is 0 Å². The summed E-state index contributed by atoms with van der Waals surface area (Å²) in [5.41, 5.74) is 0.553. The summed E-state index contributed by atoms with van der Waals surface area (Å²) in [4.78, 5) is 15.7. The van der Waals surface area contributed by atoms with Crippen LogP contribution in [0.1, 0.15) is 16.8 Å². The molecule has 0 saturated carbocycles. The number of hydrogen-bond donors (Lipinski definition) is 2. The van der Waals surface area contributed by atoms with E-state index in [2.05, 4.69) is 10.3 Å². The van der Waals surface area contributed by atoms with E-state index in [0.717, 1.165) is 6.42 Å². The predicted octanol–water partition coefficient (Wildman–Crippen LogP) is 0.209. The Kier molecular flexibility index (Phi) is 4.06. The van der Waals surface area contributed by atoms with Gasteiger partial charge in [-0.05, 0) is 18.6 Å². The fourth-order valence-electron chi connectivity index (χ4n) is 1.94. The first-order chi connectivity index (χ1) is 8.31. The maximum atomic E-state index is 11.9. The molecule has 1 saturated heterocycles. The van der Waals surface area contributed by atoms with Gasteiger partial charge in [-0.15, -0.1) is 0 Å². The van der Waals surface area contributed by atoms with Crippen molar-refractivity contribution >= 4 is 5.91 Å². The third-order valence-electron chi connectivity index (χ3n) is 2.99. The van der Waals surface area contributed by atoms with E-state index in [-0.39, 0.29) is 24.5 Å². The third kappa shape index (κ3) is 3.01. The van der Waals surface area contributed by atoms with Gasteiger partial charge in [-0.1, -0.05) is 0 Å². The molecule has 2 atom stereocenters. The number of aliphatic hydroxyl groups is 1. The number of carbonyl (C=O) groups is 1. The van der Waals surface area contributed by atoms with Crippen molar-refractivity contribution in [2.24, 2.45) is 5.92 Å². The maximum absolute atomic E-state index is 11.9. The number of rotatable bonds is 4. The molecule has 1 aliphatic rings. The molecule has 0 aliphatic carbocycles. The first-order valence-electron chi connectivity index (χ1n) is 5.70. The minimum absolute atomic E-state index is 0.0646. The minimum atomic E-state index is -0.238. The van der Waals surface area contributed by atoms with E-state index in [1.165, 1.54) is 0 Å². The second-order valence-corrected chi connectivity index (χ2v) is 4.12. The number of aliphatic hydroxyl groups excluding tert-OH is 1. The Morgan fingerprint density at radius 1 is 1.59 bits per heavy atom. The molecule has 0 radical (unpaired) electrons. The predicted molar refractivity (Wildman–Crippen MR) is 61.5 cm³/mol. The lowest BCUT2D eigenvalue weighted by atomic mass is 9.99. The van der Waals surface area contributed by atoms with E-state index < -0.39 is 0 Å². The first-order valence-corrected chi connectivity index (χ1v) is 5.70. The number of nitrogens with zero attached hydrogens (tertiary/aromatic N) is 1. The highest BCUT2D eigenvalue weighted by atomic mass is 16.5. The quantitative estimate of drug-likeness (QED) is 0.784. The van der Waals surface area contributed by atoms with Crippen molar-refractivity contribution < 1.29 is 14.6 Å². The molecule has 1 aliphatic heterocycles. The summed E-state index contributed by atoms with van der Waals surface area (Å²) in [6.45, 7) is 1.24. The van der Waals surface area contributed by atoms with Crippen molar-refractivity contribution in [1.82, 2.24) is 10.3 Å². The number of hydrogen-bond acceptors (Lipinski definition) is 4.